The third kappa shape index (κ3) is 2.83. The summed E-state index contributed by atoms with van der Waals surface area (Å²) in [5.41, 5.74) is 0.244. The number of aromatic carboxylic acids is 1. The van der Waals surface area contributed by atoms with Gasteiger partial charge < -0.3 is 10.0 Å². The van der Waals surface area contributed by atoms with Crippen LogP contribution in [0, 0.1) is 0 Å². The van der Waals surface area contributed by atoms with Crippen LogP contribution in [0.2, 0.25) is 15.2 Å². The van der Waals surface area contributed by atoms with Crippen molar-refractivity contribution in [1.29, 1.82) is 0 Å². The first kappa shape index (κ1) is 15.7. The molecule has 0 saturated carbocycles. The number of carboxylic acids is 1. The van der Waals surface area contributed by atoms with Gasteiger partial charge in [-0.05, 0) is 25.7 Å². The van der Waals surface area contributed by atoms with Crippen molar-refractivity contribution in [3.63, 3.8) is 0 Å². The first-order valence-electron chi connectivity index (χ1n) is 6.51. The summed E-state index contributed by atoms with van der Waals surface area (Å²) in [6.45, 7) is 2.88. The second-order valence-corrected chi connectivity index (χ2v) is 5.90. The lowest BCUT2D eigenvalue weighted by Gasteiger charge is -2.38. The highest BCUT2D eigenvalue weighted by molar-refractivity contribution is 6.46. The van der Waals surface area contributed by atoms with Crippen LogP contribution < -0.4 is 4.90 Å². The van der Waals surface area contributed by atoms with Gasteiger partial charge in [-0.2, -0.15) is 0 Å². The van der Waals surface area contributed by atoms with E-state index in [4.69, 9.17) is 39.9 Å². The van der Waals surface area contributed by atoms with Gasteiger partial charge in [0.25, 0.3) is 0 Å². The lowest BCUT2D eigenvalue weighted by atomic mass is 9.99. The van der Waals surface area contributed by atoms with E-state index in [1.807, 2.05) is 0 Å². The second kappa shape index (κ2) is 6.37. The Morgan fingerprint density at radius 2 is 2.05 bits per heavy atom. The van der Waals surface area contributed by atoms with E-state index in [9.17, 15) is 4.79 Å². The molecule has 0 radical (unpaired) electrons. The molecule has 1 fully saturated rings. The number of rotatable bonds is 3. The zero-order valence-electron chi connectivity index (χ0n) is 11.0. The van der Waals surface area contributed by atoms with Crippen molar-refractivity contribution < 1.29 is 9.90 Å². The topological polar surface area (TPSA) is 53.4 Å². The van der Waals surface area contributed by atoms with Crippen LogP contribution in [0.15, 0.2) is 0 Å². The van der Waals surface area contributed by atoms with Crippen molar-refractivity contribution >= 4 is 46.5 Å². The SMILES string of the molecule is CCC1CCCCN1c1c(Cl)c(Cl)nc(C(=O)O)c1Cl. The summed E-state index contributed by atoms with van der Waals surface area (Å²) in [4.78, 5) is 17.0. The third-order valence-corrected chi connectivity index (χ3v) is 4.69. The average Bonchev–Trinajstić information content (AvgIpc) is 2.43. The summed E-state index contributed by atoms with van der Waals surface area (Å²) in [6.07, 6.45) is 4.14. The molecule has 1 aromatic heterocycles. The lowest BCUT2D eigenvalue weighted by molar-refractivity contribution is 0.0690. The molecular formula is C13H15Cl3N2O2. The van der Waals surface area contributed by atoms with Crippen LogP contribution in [-0.2, 0) is 0 Å². The summed E-state index contributed by atoms with van der Waals surface area (Å²) in [6, 6.07) is 0.291. The van der Waals surface area contributed by atoms with Gasteiger partial charge in [0.2, 0.25) is 0 Å². The third-order valence-electron chi connectivity index (χ3n) is 3.60. The van der Waals surface area contributed by atoms with Gasteiger partial charge in [0, 0.05) is 12.6 Å². The van der Waals surface area contributed by atoms with Crippen LogP contribution in [0.25, 0.3) is 0 Å². The number of anilines is 1. The number of pyridine rings is 1. The number of halogens is 3. The van der Waals surface area contributed by atoms with E-state index in [-0.39, 0.29) is 20.9 Å². The van der Waals surface area contributed by atoms with Gasteiger partial charge >= 0.3 is 5.97 Å². The van der Waals surface area contributed by atoms with E-state index in [1.54, 1.807) is 0 Å². The van der Waals surface area contributed by atoms with E-state index in [1.165, 1.54) is 0 Å². The normalized spacial score (nSPS) is 19.2. The first-order chi connectivity index (χ1) is 9.47. The molecule has 110 valence electrons. The minimum atomic E-state index is -1.21. The molecule has 2 heterocycles. The van der Waals surface area contributed by atoms with Crippen LogP contribution in [0.3, 0.4) is 0 Å². The second-order valence-electron chi connectivity index (χ2n) is 4.78. The van der Waals surface area contributed by atoms with Crippen LogP contribution in [0.5, 0.6) is 0 Å². The maximum Gasteiger partial charge on any atom is 0.356 e. The number of piperidine rings is 1. The van der Waals surface area contributed by atoms with Gasteiger partial charge in [0.05, 0.1) is 10.7 Å². The number of hydrogen-bond acceptors (Lipinski definition) is 3. The summed E-state index contributed by atoms with van der Waals surface area (Å²) in [7, 11) is 0. The van der Waals surface area contributed by atoms with E-state index in [0.29, 0.717) is 11.7 Å². The fraction of sp³-hybridized carbons (Fsp3) is 0.538. The molecule has 1 atom stereocenters. The monoisotopic (exact) mass is 336 g/mol. The Labute approximate surface area is 132 Å². The van der Waals surface area contributed by atoms with Gasteiger partial charge in [0.15, 0.2) is 10.8 Å². The molecule has 7 heteroatoms. The predicted molar refractivity (Wildman–Crippen MR) is 81.5 cm³/mol. The minimum Gasteiger partial charge on any atom is -0.476 e. The molecule has 0 bridgehead atoms. The molecule has 0 aromatic carbocycles. The Bertz CT molecular complexity index is 537. The minimum absolute atomic E-state index is 0.0242. The molecule has 0 amide bonds. The molecule has 1 N–H and O–H groups in total. The van der Waals surface area contributed by atoms with Gasteiger partial charge in [-0.15, -0.1) is 0 Å². The maximum absolute atomic E-state index is 11.2. The number of nitrogens with zero attached hydrogens (tertiary/aromatic N) is 2. The molecule has 1 aromatic rings. The van der Waals surface area contributed by atoms with E-state index < -0.39 is 5.97 Å². The molecule has 2 rings (SSSR count). The fourth-order valence-electron chi connectivity index (χ4n) is 2.62. The van der Waals surface area contributed by atoms with Crippen molar-refractivity contribution in [2.45, 2.75) is 38.6 Å². The van der Waals surface area contributed by atoms with Crippen LogP contribution in [0.1, 0.15) is 43.1 Å². The Balaban J connectivity index is 2.56. The molecule has 0 spiro atoms. The average molecular weight is 338 g/mol. The van der Waals surface area contributed by atoms with Crippen LogP contribution in [0.4, 0.5) is 5.69 Å². The molecule has 1 saturated heterocycles. The van der Waals surface area contributed by atoms with Gasteiger partial charge in [-0.1, -0.05) is 41.7 Å². The van der Waals surface area contributed by atoms with Crippen molar-refractivity contribution in [3.8, 4) is 0 Å². The smallest absolute Gasteiger partial charge is 0.356 e. The quantitative estimate of drug-likeness (QED) is 0.825. The summed E-state index contributed by atoms with van der Waals surface area (Å²) < 4.78 is 0. The summed E-state index contributed by atoms with van der Waals surface area (Å²) in [5, 5.41) is 9.42. The van der Waals surface area contributed by atoms with E-state index in [2.05, 4.69) is 16.8 Å². The predicted octanol–water partition coefficient (Wildman–Crippen LogP) is 4.51. The number of carboxylic acid groups (broad SMARTS) is 1. The zero-order valence-corrected chi connectivity index (χ0v) is 13.3. The Kier molecular flexibility index (Phi) is 4.99. The molecule has 1 unspecified atom stereocenters. The largest absolute Gasteiger partial charge is 0.476 e. The fourth-order valence-corrected chi connectivity index (χ4v) is 3.41. The molecule has 1 aliphatic heterocycles. The highest BCUT2D eigenvalue weighted by Crippen LogP contribution is 2.42. The highest BCUT2D eigenvalue weighted by atomic mass is 35.5. The van der Waals surface area contributed by atoms with Gasteiger partial charge in [-0.25, -0.2) is 9.78 Å². The summed E-state index contributed by atoms with van der Waals surface area (Å²) in [5.74, 6) is -1.21. The Morgan fingerprint density at radius 1 is 1.35 bits per heavy atom. The molecular weight excluding hydrogens is 323 g/mol. The molecule has 4 nitrogen and oxygen atoms in total. The van der Waals surface area contributed by atoms with Gasteiger partial charge in [-0.3, -0.25) is 0 Å². The van der Waals surface area contributed by atoms with Crippen molar-refractivity contribution in [2.75, 3.05) is 11.4 Å². The Hall–Kier alpha value is -0.710. The lowest BCUT2D eigenvalue weighted by Crippen LogP contribution is -2.39. The number of carbonyl (C=O) groups is 1. The van der Waals surface area contributed by atoms with E-state index >= 15 is 0 Å². The van der Waals surface area contributed by atoms with Crippen LogP contribution in [-0.4, -0.2) is 28.6 Å². The number of aromatic nitrogens is 1. The molecule has 20 heavy (non-hydrogen) atoms. The Morgan fingerprint density at radius 3 is 2.65 bits per heavy atom. The van der Waals surface area contributed by atoms with E-state index in [0.717, 1.165) is 32.2 Å². The first-order valence-corrected chi connectivity index (χ1v) is 7.65. The van der Waals surface area contributed by atoms with Crippen molar-refractivity contribution in [3.05, 3.63) is 20.9 Å². The standard InChI is InChI=1S/C13H15Cl3N2O2/c1-2-7-5-3-4-6-18(7)11-8(14)10(13(19)20)17-12(16)9(11)15/h7H,2-6H2,1H3,(H,19,20). The molecule has 0 aliphatic carbocycles. The molecule has 1 aliphatic rings. The number of hydrogen-bond donors (Lipinski definition) is 1. The van der Waals surface area contributed by atoms with Gasteiger partial charge in [0.1, 0.15) is 5.02 Å². The summed E-state index contributed by atoms with van der Waals surface area (Å²) >= 11 is 18.4. The van der Waals surface area contributed by atoms with Crippen LogP contribution >= 0.6 is 34.8 Å². The zero-order chi connectivity index (χ0) is 14.9. The maximum atomic E-state index is 11.2. The van der Waals surface area contributed by atoms with Crippen molar-refractivity contribution in [1.82, 2.24) is 4.98 Å². The highest BCUT2D eigenvalue weighted by Gasteiger charge is 2.29. The van der Waals surface area contributed by atoms with Crippen molar-refractivity contribution in [2.24, 2.45) is 0 Å².